The zero-order valence-electron chi connectivity index (χ0n) is 11.8. The van der Waals surface area contributed by atoms with Crippen molar-refractivity contribution >= 4 is 5.91 Å². The van der Waals surface area contributed by atoms with Crippen LogP contribution >= 0.6 is 0 Å². The fraction of sp³-hybridized carbons (Fsp3) is 0.929. The fourth-order valence-corrected chi connectivity index (χ4v) is 2.43. The molecule has 4 nitrogen and oxygen atoms in total. The first-order valence-electron chi connectivity index (χ1n) is 7.26. The lowest BCUT2D eigenvalue weighted by Gasteiger charge is -2.31. The van der Waals surface area contributed by atoms with Crippen LogP contribution in [-0.4, -0.2) is 31.7 Å². The van der Waals surface area contributed by atoms with Crippen LogP contribution in [0.25, 0.3) is 0 Å². The van der Waals surface area contributed by atoms with Gasteiger partial charge in [0.1, 0.15) is 0 Å². The third kappa shape index (κ3) is 5.36. The lowest BCUT2D eigenvalue weighted by molar-refractivity contribution is -0.126. The number of nitrogens with two attached hydrogens (primary N) is 1. The van der Waals surface area contributed by atoms with E-state index in [1.165, 1.54) is 0 Å². The summed E-state index contributed by atoms with van der Waals surface area (Å²) in [6.45, 7) is 6.50. The van der Waals surface area contributed by atoms with Gasteiger partial charge in [-0.2, -0.15) is 0 Å². The quantitative estimate of drug-likeness (QED) is 0.681. The van der Waals surface area contributed by atoms with Crippen molar-refractivity contribution < 1.29 is 9.53 Å². The molecule has 1 saturated carbocycles. The van der Waals surface area contributed by atoms with Crippen molar-refractivity contribution in [1.29, 1.82) is 0 Å². The topological polar surface area (TPSA) is 64.3 Å². The summed E-state index contributed by atoms with van der Waals surface area (Å²) >= 11 is 0. The van der Waals surface area contributed by atoms with E-state index in [4.69, 9.17) is 10.5 Å². The Morgan fingerprint density at radius 1 is 1.39 bits per heavy atom. The summed E-state index contributed by atoms with van der Waals surface area (Å²) in [5.41, 5.74) is 5.96. The van der Waals surface area contributed by atoms with E-state index in [1.54, 1.807) is 0 Å². The predicted molar refractivity (Wildman–Crippen MR) is 73.2 cm³/mol. The van der Waals surface area contributed by atoms with Gasteiger partial charge >= 0.3 is 0 Å². The number of ether oxygens (including phenoxy) is 1. The minimum atomic E-state index is 0.163. The zero-order chi connectivity index (χ0) is 13.4. The van der Waals surface area contributed by atoms with Gasteiger partial charge in [0.2, 0.25) is 5.91 Å². The number of hydrogen-bond donors (Lipinski definition) is 2. The number of nitrogens with one attached hydrogen (secondary N) is 1. The molecule has 0 spiro atoms. The van der Waals surface area contributed by atoms with Crippen molar-refractivity contribution in [3.05, 3.63) is 0 Å². The van der Waals surface area contributed by atoms with Crippen molar-refractivity contribution in [2.75, 3.05) is 19.8 Å². The van der Waals surface area contributed by atoms with Crippen molar-refractivity contribution in [3.8, 4) is 0 Å². The van der Waals surface area contributed by atoms with Gasteiger partial charge in [0, 0.05) is 31.7 Å². The highest BCUT2D eigenvalue weighted by Gasteiger charge is 2.29. The summed E-state index contributed by atoms with van der Waals surface area (Å²) in [6.07, 6.45) is 4.78. The van der Waals surface area contributed by atoms with Crippen LogP contribution in [0, 0.1) is 11.8 Å². The van der Waals surface area contributed by atoms with Crippen molar-refractivity contribution in [3.63, 3.8) is 0 Å². The first-order valence-corrected chi connectivity index (χ1v) is 7.26. The lowest BCUT2D eigenvalue weighted by atomic mass is 9.79. The predicted octanol–water partition coefficient (Wildman–Crippen LogP) is 1.68. The third-order valence-electron chi connectivity index (χ3n) is 3.72. The van der Waals surface area contributed by atoms with Crippen LogP contribution in [0.2, 0.25) is 0 Å². The Morgan fingerprint density at radius 2 is 2.17 bits per heavy atom. The van der Waals surface area contributed by atoms with Crippen LogP contribution in [0.15, 0.2) is 0 Å². The SMILES string of the molecule is CCCOCCCNC(=O)C1CCC(N)C(C)C1. The summed E-state index contributed by atoms with van der Waals surface area (Å²) in [6, 6.07) is 0.275. The van der Waals surface area contributed by atoms with E-state index >= 15 is 0 Å². The number of rotatable bonds is 7. The summed E-state index contributed by atoms with van der Waals surface area (Å²) in [5.74, 6) is 0.822. The zero-order valence-corrected chi connectivity index (χ0v) is 11.8. The van der Waals surface area contributed by atoms with E-state index in [0.717, 1.165) is 51.9 Å². The molecule has 0 aromatic rings. The lowest BCUT2D eigenvalue weighted by Crippen LogP contribution is -2.40. The molecule has 0 saturated heterocycles. The van der Waals surface area contributed by atoms with Crippen LogP contribution in [0.3, 0.4) is 0 Å². The van der Waals surface area contributed by atoms with Gasteiger partial charge in [-0.25, -0.2) is 0 Å². The summed E-state index contributed by atoms with van der Waals surface area (Å²) < 4.78 is 5.37. The third-order valence-corrected chi connectivity index (χ3v) is 3.72. The number of carbonyl (C=O) groups excluding carboxylic acids is 1. The van der Waals surface area contributed by atoms with Crippen molar-refractivity contribution in [1.82, 2.24) is 5.32 Å². The highest BCUT2D eigenvalue weighted by atomic mass is 16.5. The van der Waals surface area contributed by atoms with Gasteiger partial charge in [-0.05, 0) is 38.0 Å². The molecule has 0 aromatic carbocycles. The molecular formula is C14H28N2O2. The fourth-order valence-electron chi connectivity index (χ4n) is 2.43. The molecule has 3 atom stereocenters. The Balaban J connectivity index is 2.09. The van der Waals surface area contributed by atoms with Crippen LogP contribution in [-0.2, 0) is 9.53 Å². The Hall–Kier alpha value is -0.610. The molecule has 1 amide bonds. The molecule has 0 bridgehead atoms. The normalized spacial score (nSPS) is 28.1. The molecule has 0 heterocycles. The van der Waals surface area contributed by atoms with Gasteiger partial charge in [-0.15, -0.1) is 0 Å². The van der Waals surface area contributed by atoms with Gasteiger partial charge in [0.05, 0.1) is 0 Å². The van der Waals surface area contributed by atoms with E-state index in [-0.39, 0.29) is 17.9 Å². The van der Waals surface area contributed by atoms with Crippen LogP contribution < -0.4 is 11.1 Å². The summed E-state index contributed by atoms with van der Waals surface area (Å²) in [4.78, 5) is 11.9. The average molecular weight is 256 g/mol. The van der Waals surface area contributed by atoms with E-state index in [0.29, 0.717) is 5.92 Å². The standard InChI is InChI=1S/C14H28N2O2/c1-3-8-18-9-4-7-16-14(17)12-5-6-13(15)11(2)10-12/h11-13H,3-10,15H2,1-2H3,(H,16,17). The van der Waals surface area contributed by atoms with Gasteiger partial charge in [0.25, 0.3) is 0 Å². The molecule has 3 N–H and O–H groups in total. The van der Waals surface area contributed by atoms with Crippen LogP contribution in [0.4, 0.5) is 0 Å². The molecule has 1 rings (SSSR count). The maximum Gasteiger partial charge on any atom is 0.223 e. The number of carbonyl (C=O) groups is 1. The minimum Gasteiger partial charge on any atom is -0.381 e. The monoisotopic (exact) mass is 256 g/mol. The highest BCUT2D eigenvalue weighted by molar-refractivity contribution is 5.78. The Bertz CT molecular complexity index is 246. The highest BCUT2D eigenvalue weighted by Crippen LogP contribution is 2.27. The molecule has 0 aromatic heterocycles. The minimum absolute atomic E-state index is 0.163. The van der Waals surface area contributed by atoms with Crippen molar-refractivity contribution in [2.24, 2.45) is 17.6 Å². The van der Waals surface area contributed by atoms with Gasteiger partial charge in [-0.1, -0.05) is 13.8 Å². The van der Waals surface area contributed by atoms with E-state index in [9.17, 15) is 4.79 Å². The molecule has 1 fully saturated rings. The Morgan fingerprint density at radius 3 is 2.83 bits per heavy atom. The van der Waals surface area contributed by atoms with E-state index < -0.39 is 0 Å². The second-order valence-electron chi connectivity index (χ2n) is 5.41. The molecule has 106 valence electrons. The average Bonchev–Trinajstić information content (AvgIpc) is 2.36. The molecule has 0 radical (unpaired) electrons. The smallest absolute Gasteiger partial charge is 0.223 e. The first kappa shape index (κ1) is 15.4. The largest absolute Gasteiger partial charge is 0.381 e. The molecule has 4 heteroatoms. The second-order valence-corrected chi connectivity index (χ2v) is 5.41. The Kier molecular flexibility index (Phi) is 7.28. The maximum absolute atomic E-state index is 11.9. The molecule has 18 heavy (non-hydrogen) atoms. The van der Waals surface area contributed by atoms with Crippen molar-refractivity contribution in [2.45, 2.75) is 52.0 Å². The second kappa shape index (κ2) is 8.48. The summed E-state index contributed by atoms with van der Waals surface area (Å²) in [7, 11) is 0. The van der Waals surface area contributed by atoms with Crippen LogP contribution in [0.5, 0.6) is 0 Å². The van der Waals surface area contributed by atoms with Gasteiger partial charge in [0.15, 0.2) is 0 Å². The molecule has 1 aliphatic carbocycles. The first-order chi connectivity index (χ1) is 8.65. The molecule has 3 unspecified atom stereocenters. The van der Waals surface area contributed by atoms with E-state index in [1.807, 2.05) is 0 Å². The Labute approximate surface area is 111 Å². The molecular weight excluding hydrogens is 228 g/mol. The number of amides is 1. The van der Waals surface area contributed by atoms with E-state index in [2.05, 4.69) is 19.2 Å². The number of hydrogen-bond acceptors (Lipinski definition) is 3. The maximum atomic E-state index is 11.9. The molecule has 0 aliphatic heterocycles. The molecule has 1 aliphatic rings. The van der Waals surface area contributed by atoms with Crippen LogP contribution in [0.1, 0.15) is 46.0 Å². The van der Waals surface area contributed by atoms with Gasteiger partial charge in [-0.3, -0.25) is 4.79 Å². The summed E-state index contributed by atoms with van der Waals surface area (Å²) in [5, 5.41) is 3.00. The van der Waals surface area contributed by atoms with Gasteiger partial charge < -0.3 is 15.8 Å².